The smallest absolute Gasteiger partial charge is 0.419 e. The third-order valence-corrected chi connectivity index (χ3v) is 3.73. The van der Waals surface area contributed by atoms with Gasteiger partial charge in [0.2, 0.25) is 0 Å². The molecule has 0 radical (unpaired) electrons. The van der Waals surface area contributed by atoms with Gasteiger partial charge in [-0.25, -0.2) is 4.79 Å². The zero-order chi connectivity index (χ0) is 17.5. The number of benzene rings is 2. The fourth-order valence-electron chi connectivity index (χ4n) is 2.41. The molecule has 0 atom stereocenters. The maximum Gasteiger partial charge on any atom is 0.419 e. The summed E-state index contributed by atoms with van der Waals surface area (Å²) in [5.74, 6) is 1.29. The minimum atomic E-state index is -0.428. The molecule has 0 aromatic heterocycles. The third-order valence-electron chi connectivity index (χ3n) is 3.73. The second kappa shape index (κ2) is 9.57. The number of methoxy groups -OCH3 is 1. The number of nitrogens with one attached hydrogen (secondary N) is 1. The molecule has 0 saturated carbocycles. The Morgan fingerprint density at radius 1 is 1.08 bits per heavy atom. The summed E-state index contributed by atoms with van der Waals surface area (Å²) in [5, 5.41) is 3.27. The Morgan fingerprint density at radius 2 is 1.72 bits per heavy atom. The summed E-state index contributed by atoms with van der Waals surface area (Å²) in [5.41, 5.74) is 3.03. The summed E-state index contributed by atoms with van der Waals surface area (Å²) in [6.45, 7) is 4.93. The zero-order valence-electron chi connectivity index (χ0n) is 14.6. The zero-order valence-corrected chi connectivity index (χ0v) is 14.6. The number of fused-ring (bicyclic) bond motifs is 1. The number of nitrogens with zero attached hydrogens (tertiary/aromatic N) is 1. The number of hydrogen-bond acceptors (Lipinski definition) is 4. The van der Waals surface area contributed by atoms with Crippen molar-refractivity contribution in [3.05, 3.63) is 48.0 Å². The van der Waals surface area contributed by atoms with Crippen LogP contribution in [0.1, 0.15) is 26.8 Å². The normalized spacial score (nSPS) is 11.0. The Labute approximate surface area is 150 Å². The van der Waals surface area contributed by atoms with Crippen LogP contribution in [0.15, 0.2) is 42.5 Å². The molecule has 1 aliphatic rings. The number of anilines is 2. The number of carbonyl (C=O) groups is 1. The fourth-order valence-corrected chi connectivity index (χ4v) is 2.41. The summed E-state index contributed by atoms with van der Waals surface area (Å²) < 4.78 is 10.5. The largest absolute Gasteiger partial charge is 0.497 e. The van der Waals surface area contributed by atoms with Crippen molar-refractivity contribution in [2.45, 2.75) is 27.7 Å². The van der Waals surface area contributed by atoms with Crippen LogP contribution in [0.3, 0.4) is 0 Å². The first kappa shape index (κ1) is 20.4. The molecule has 2 aromatic carbocycles. The Morgan fingerprint density at radius 3 is 2.36 bits per heavy atom. The van der Waals surface area contributed by atoms with Gasteiger partial charge in [0, 0.05) is 31.0 Å². The number of rotatable bonds is 3. The monoisotopic (exact) mass is 344 g/mol. The van der Waals surface area contributed by atoms with E-state index < -0.39 is 6.09 Å². The number of ether oxygens (including phenoxy) is 2. The molecule has 1 amide bonds. The van der Waals surface area contributed by atoms with Crippen molar-refractivity contribution in [3.8, 4) is 11.5 Å². The minimum absolute atomic E-state index is 0. The first-order valence-electron chi connectivity index (χ1n) is 8.14. The predicted octanol–water partition coefficient (Wildman–Crippen LogP) is 4.96. The van der Waals surface area contributed by atoms with E-state index in [0.29, 0.717) is 5.75 Å². The summed E-state index contributed by atoms with van der Waals surface area (Å²) >= 11 is 0. The highest BCUT2D eigenvalue weighted by Gasteiger charge is 2.16. The fraction of sp³-hybridized carbons (Fsp3) is 0.350. The van der Waals surface area contributed by atoms with Gasteiger partial charge < -0.3 is 14.8 Å². The number of carbonyl (C=O) groups excluding carboxylic acids is 1. The van der Waals surface area contributed by atoms with Crippen molar-refractivity contribution in [2.24, 2.45) is 0 Å². The SMILES string of the molecule is C.CC.COc1ccc(N(C)C(=O)Oc2ccc3c(c2)NCC3)cc1. The van der Waals surface area contributed by atoms with Gasteiger partial charge >= 0.3 is 6.09 Å². The molecular formula is C20H28N2O3. The van der Waals surface area contributed by atoms with Crippen LogP contribution in [0, 0.1) is 0 Å². The van der Waals surface area contributed by atoms with Crippen LogP contribution in [-0.2, 0) is 6.42 Å². The van der Waals surface area contributed by atoms with Gasteiger partial charge in [-0.2, -0.15) is 0 Å². The first-order valence-corrected chi connectivity index (χ1v) is 8.14. The maximum atomic E-state index is 12.2. The highest BCUT2D eigenvalue weighted by Crippen LogP contribution is 2.27. The lowest BCUT2D eigenvalue weighted by Crippen LogP contribution is -2.29. The molecule has 0 fully saturated rings. The summed E-state index contributed by atoms with van der Waals surface area (Å²) in [6, 6.07) is 12.9. The van der Waals surface area contributed by atoms with Crippen LogP contribution in [0.2, 0.25) is 0 Å². The van der Waals surface area contributed by atoms with E-state index >= 15 is 0 Å². The van der Waals surface area contributed by atoms with Crippen molar-refractivity contribution in [2.75, 3.05) is 30.9 Å². The molecule has 5 nitrogen and oxygen atoms in total. The Kier molecular flexibility index (Phi) is 7.79. The van der Waals surface area contributed by atoms with E-state index in [9.17, 15) is 4.79 Å². The molecule has 5 heteroatoms. The topological polar surface area (TPSA) is 50.8 Å². The van der Waals surface area contributed by atoms with E-state index in [4.69, 9.17) is 9.47 Å². The van der Waals surface area contributed by atoms with Crippen LogP contribution < -0.4 is 19.7 Å². The molecular weight excluding hydrogens is 316 g/mol. The molecule has 2 aromatic rings. The standard InChI is InChI=1S/C17H18N2O3.C2H6.CH4/c1-19(13-4-7-14(21-2)8-5-13)17(20)22-15-6-3-12-9-10-18-16(12)11-15;1-2;/h3-8,11,18H,9-10H2,1-2H3;1-2H3;1H4. The van der Waals surface area contributed by atoms with Gasteiger partial charge in [0.25, 0.3) is 0 Å². The van der Waals surface area contributed by atoms with E-state index in [-0.39, 0.29) is 7.43 Å². The lowest BCUT2D eigenvalue weighted by atomic mass is 10.1. The quantitative estimate of drug-likeness (QED) is 0.855. The molecule has 0 unspecified atom stereocenters. The van der Waals surface area contributed by atoms with E-state index in [1.807, 2.05) is 44.2 Å². The maximum absolute atomic E-state index is 12.2. The van der Waals surface area contributed by atoms with Crippen molar-refractivity contribution in [3.63, 3.8) is 0 Å². The van der Waals surface area contributed by atoms with Crippen molar-refractivity contribution >= 4 is 17.5 Å². The molecule has 25 heavy (non-hydrogen) atoms. The molecule has 0 bridgehead atoms. The molecule has 0 aliphatic carbocycles. The average molecular weight is 344 g/mol. The van der Waals surface area contributed by atoms with E-state index in [1.54, 1.807) is 26.3 Å². The lowest BCUT2D eigenvalue weighted by molar-refractivity contribution is 0.209. The summed E-state index contributed by atoms with van der Waals surface area (Å²) in [4.78, 5) is 13.7. The van der Waals surface area contributed by atoms with Crippen LogP contribution in [0.25, 0.3) is 0 Å². The van der Waals surface area contributed by atoms with E-state index in [1.165, 1.54) is 10.5 Å². The predicted molar refractivity (Wildman–Crippen MR) is 104 cm³/mol. The minimum Gasteiger partial charge on any atom is -0.497 e. The van der Waals surface area contributed by atoms with Crippen LogP contribution >= 0.6 is 0 Å². The Balaban J connectivity index is 0.00000101. The second-order valence-corrected chi connectivity index (χ2v) is 5.12. The van der Waals surface area contributed by atoms with Crippen LogP contribution in [0.4, 0.5) is 16.2 Å². The van der Waals surface area contributed by atoms with Gasteiger partial charge in [-0.15, -0.1) is 0 Å². The highest BCUT2D eigenvalue weighted by atomic mass is 16.6. The summed E-state index contributed by atoms with van der Waals surface area (Å²) in [6.07, 6.45) is 0.582. The average Bonchev–Trinajstić information content (AvgIpc) is 3.10. The van der Waals surface area contributed by atoms with Gasteiger partial charge in [-0.3, -0.25) is 4.90 Å². The van der Waals surface area contributed by atoms with Crippen molar-refractivity contribution < 1.29 is 14.3 Å². The lowest BCUT2D eigenvalue weighted by Gasteiger charge is -2.17. The third kappa shape index (κ3) is 4.89. The highest BCUT2D eigenvalue weighted by molar-refractivity contribution is 5.88. The van der Waals surface area contributed by atoms with E-state index in [0.717, 1.165) is 30.1 Å². The molecule has 136 valence electrons. The summed E-state index contributed by atoms with van der Waals surface area (Å²) in [7, 11) is 3.28. The number of hydrogen-bond donors (Lipinski definition) is 1. The van der Waals surface area contributed by atoms with Gasteiger partial charge in [0.15, 0.2) is 0 Å². The van der Waals surface area contributed by atoms with Gasteiger partial charge in [0.05, 0.1) is 7.11 Å². The molecule has 1 N–H and O–H groups in total. The van der Waals surface area contributed by atoms with Gasteiger partial charge in [0.1, 0.15) is 11.5 Å². The van der Waals surface area contributed by atoms with E-state index in [2.05, 4.69) is 5.32 Å². The van der Waals surface area contributed by atoms with Gasteiger partial charge in [-0.1, -0.05) is 27.3 Å². The number of amides is 1. The van der Waals surface area contributed by atoms with Gasteiger partial charge in [-0.05, 0) is 42.3 Å². The Bertz CT molecular complexity index is 684. The molecule has 1 heterocycles. The molecule has 1 aliphatic heterocycles. The van der Waals surface area contributed by atoms with Crippen molar-refractivity contribution in [1.82, 2.24) is 0 Å². The Hall–Kier alpha value is -2.69. The molecule has 3 rings (SSSR count). The molecule has 0 saturated heterocycles. The van der Waals surface area contributed by atoms with Crippen LogP contribution in [-0.4, -0.2) is 26.8 Å². The second-order valence-electron chi connectivity index (χ2n) is 5.12. The van der Waals surface area contributed by atoms with Crippen LogP contribution in [0.5, 0.6) is 11.5 Å². The molecule has 0 spiro atoms. The van der Waals surface area contributed by atoms with Crippen molar-refractivity contribution in [1.29, 1.82) is 0 Å². The first-order chi connectivity index (χ1) is 11.7.